The van der Waals surface area contributed by atoms with Crippen molar-refractivity contribution in [1.29, 1.82) is 0 Å². The molecular formula is C20H25N3O3S. The highest BCUT2D eigenvalue weighted by atomic mass is 32.2. The predicted molar refractivity (Wildman–Crippen MR) is 109 cm³/mol. The number of sulfonamides is 1. The maximum atomic E-state index is 12.2. The fourth-order valence-corrected chi connectivity index (χ4v) is 3.49. The number of aryl methyl sites for hydroxylation is 2. The molecule has 0 saturated carbocycles. The zero-order valence-electron chi connectivity index (χ0n) is 15.8. The first-order valence-corrected chi connectivity index (χ1v) is 10.5. The van der Waals surface area contributed by atoms with Gasteiger partial charge in [-0.2, -0.15) is 5.10 Å². The molecule has 0 aliphatic rings. The minimum Gasteiger partial charge on any atom is -0.271 e. The summed E-state index contributed by atoms with van der Waals surface area (Å²) in [7, 11) is -3.60. The van der Waals surface area contributed by atoms with Gasteiger partial charge in [0.25, 0.3) is 5.91 Å². The molecule has 0 atom stereocenters. The van der Waals surface area contributed by atoms with Gasteiger partial charge in [-0.15, -0.1) is 0 Å². The number of rotatable bonds is 8. The van der Waals surface area contributed by atoms with Crippen LogP contribution in [0.4, 0.5) is 5.69 Å². The van der Waals surface area contributed by atoms with E-state index in [2.05, 4.69) is 10.5 Å². The number of carbonyl (C=O) groups excluding carboxylic acids is 1. The fraction of sp³-hybridized carbons (Fsp3) is 0.300. The Balaban J connectivity index is 1.98. The highest BCUT2D eigenvalue weighted by molar-refractivity contribution is 7.92. The third-order valence-electron chi connectivity index (χ3n) is 4.06. The zero-order chi connectivity index (χ0) is 19.9. The van der Waals surface area contributed by atoms with Gasteiger partial charge in [-0.05, 0) is 43.9 Å². The second-order valence-electron chi connectivity index (χ2n) is 6.42. The van der Waals surface area contributed by atoms with Crippen LogP contribution in [-0.4, -0.2) is 32.8 Å². The maximum Gasteiger partial charge on any atom is 0.260 e. The Labute approximate surface area is 161 Å². The second-order valence-corrected chi connectivity index (χ2v) is 8.33. The van der Waals surface area contributed by atoms with E-state index < -0.39 is 15.9 Å². The smallest absolute Gasteiger partial charge is 0.260 e. The summed E-state index contributed by atoms with van der Waals surface area (Å²) < 4.78 is 25.3. The minimum atomic E-state index is -3.60. The van der Waals surface area contributed by atoms with Crippen LogP contribution in [0.2, 0.25) is 0 Å². The van der Waals surface area contributed by atoms with Gasteiger partial charge in [0, 0.05) is 5.71 Å². The number of amides is 1. The quantitative estimate of drug-likeness (QED) is 0.559. The van der Waals surface area contributed by atoms with E-state index in [0.717, 1.165) is 28.3 Å². The van der Waals surface area contributed by atoms with E-state index >= 15 is 0 Å². The molecule has 1 amide bonds. The Morgan fingerprint density at radius 2 is 1.70 bits per heavy atom. The Kier molecular flexibility index (Phi) is 7.12. The van der Waals surface area contributed by atoms with Gasteiger partial charge >= 0.3 is 0 Å². The summed E-state index contributed by atoms with van der Waals surface area (Å²) in [6, 6.07) is 17.0. The standard InChI is InChI=1S/C20H25N3O3S/c1-16-9-7-8-12-19(16)23(27(3,25)26)15-20(24)22-21-17(2)13-14-18-10-5-4-6-11-18/h4-12H,13-15H2,1-3H3,(H,22,24)/b21-17-. The van der Waals surface area contributed by atoms with Crippen LogP contribution >= 0.6 is 0 Å². The Hall–Kier alpha value is -2.67. The zero-order valence-corrected chi connectivity index (χ0v) is 16.7. The van der Waals surface area contributed by atoms with Gasteiger partial charge in [-0.1, -0.05) is 48.5 Å². The van der Waals surface area contributed by atoms with Crippen molar-refractivity contribution in [2.75, 3.05) is 17.1 Å². The van der Waals surface area contributed by atoms with Crippen molar-refractivity contribution >= 4 is 27.3 Å². The second kappa shape index (κ2) is 9.32. The summed E-state index contributed by atoms with van der Waals surface area (Å²) in [5.41, 5.74) is 5.68. The lowest BCUT2D eigenvalue weighted by Crippen LogP contribution is -2.39. The van der Waals surface area contributed by atoms with E-state index in [9.17, 15) is 13.2 Å². The normalized spacial score (nSPS) is 11.9. The molecule has 6 nitrogen and oxygen atoms in total. The van der Waals surface area contributed by atoms with Crippen LogP contribution in [0.15, 0.2) is 59.7 Å². The van der Waals surface area contributed by atoms with Crippen LogP contribution in [0.1, 0.15) is 24.5 Å². The van der Waals surface area contributed by atoms with Gasteiger partial charge in [-0.3, -0.25) is 9.10 Å². The Bertz CT molecular complexity index is 909. The van der Waals surface area contributed by atoms with Crippen molar-refractivity contribution in [1.82, 2.24) is 5.43 Å². The van der Waals surface area contributed by atoms with Gasteiger partial charge in [0.05, 0.1) is 11.9 Å². The van der Waals surface area contributed by atoms with E-state index in [1.54, 1.807) is 25.1 Å². The van der Waals surface area contributed by atoms with Gasteiger partial charge in [0.15, 0.2) is 0 Å². The maximum absolute atomic E-state index is 12.2. The molecule has 0 saturated heterocycles. The van der Waals surface area contributed by atoms with Crippen LogP contribution in [0.3, 0.4) is 0 Å². The third kappa shape index (κ3) is 6.53. The average molecular weight is 388 g/mol. The molecule has 0 heterocycles. The fourth-order valence-electron chi connectivity index (χ4n) is 2.57. The van der Waals surface area contributed by atoms with E-state index in [-0.39, 0.29) is 6.54 Å². The molecule has 0 bridgehead atoms. The first-order valence-electron chi connectivity index (χ1n) is 8.66. The number of nitrogens with zero attached hydrogens (tertiary/aromatic N) is 2. The van der Waals surface area contributed by atoms with Crippen molar-refractivity contribution < 1.29 is 13.2 Å². The number of hydrazone groups is 1. The molecular weight excluding hydrogens is 362 g/mol. The summed E-state index contributed by atoms with van der Waals surface area (Å²) in [5.74, 6) is -0.484. The van der Waals surface area contributed by atoms with E-state index in [1.165, 1.54) is 5.56 Å². The summed E-state index contributed by atoms with van der Waals surface area (Å²) >= 11 is 0. The Morgan fingerprint density at radius 3 is 2.33 bits per heavy atom. The summed E-state index contributed by atoms with van der Waals surface area (Å²) in [4.78, 5) is 12.2. The van der Waals surface area contributed by atoms with Gasteiger partial charge in [-0.25, -0.2) is 13.8 Å². The molecule has 0 unspecified atom stereocenters. The van der Waals surface area contributed by atoms with Crippen LogP contribution in [0.5, 0.6) is 0 Å². The van der Waals surface area contributed by atoms with Crippen molar-refractivity contribution in [2.24, 2.45) is 5.10 Å². The molecule has 0 spiro atoms. The monoisotopic (exact) mass is 387 g/mol. The van der Waals surface area contributed by atoms with Crippen LogP contribution in [-0.2, 0) is 21.2 Å². The van der Waals surface area contributed by atoms with Gasteiger partial charge in [0.2, 0.25) is 10.0 Å². The molecule has 27 heavy (non-hydrogen) atoms. The van der Waals surface area contributed by atoms with Crippen LogP contribution in [0.25, 0.3) is 0 Å². The molecule has 0 aromatic heterocycles. The molecule has 0 aliphatic carbocycles. The number of para-hydroxylation sites is 1. The van der Waals surface area contributed by atoms with Crippen LogP contribution in [0, 0.1) is 6.92 Å². The largest absolute Gasteiger partial charge is 0.271 e. The molecule has 2 aromatic carbocycles. The molecule has 0 radical (unpaired) electrons. The molecule has 2 rings (SSSR count). The minimum absolute atomic E-state index is 0.320. The lowest BCUT2D eigenvalue weighted by molar-refractivity contribution is -0.119. The number of carbonyl (C=O) groups is 1. The topological polar surface area (TPSA) is 78.8 Å². The molecule has 144 valence electrons. The summed E-state index contributed by atoms with van der Waals surface area (Å²) in [6.45, 7) is 3.31. The highest BCUT2D eigenvalue weighted by Gasteiger charge is 2.21. The summed E-state index contributed by atoms with van der Waals surface area (Å²) in [6.07, 6.45) is 2.61. The van der Waals surface area contributed by atoms with E-state index in [1.807, 2.05) is 43.3 Å². The average Bonchev–Trinajstić information content (AvgIpc) is 2.63. The van der Waals surface area contributed by atoms with Gasteiger partial charge < -0.3 is 0 Å². The SMILES string of the molecule is C/C(CCc1ccccc1)=N/NC(=O)CN(c1ccccc1C)S(C)(=O)=O. The van der Waals surface area contributed by atoms with Gasteiger partial charge in [0.1, 0.15) is 6.54 Å². The third-order valence-corrected chi connectivity index (χ3v) is 5.19. The Morgan fingerprint density at radius 1 is 1.07 bits per heavy atom. The van der Waals surface area contributed by atoms with Crippen molar-refractivity contribution in [3.8, 4) is 0 Å². The van der Waals surface area contributed by atoms with E-state index in [0.29, 0.717) is 12.1 Å². The molecule has 0 fully saturated rings. The molecule has 0 aliphatic heterocycles. The number of hydrogen-bond donors (Lipinski definition) is 1. The number of anilines is 1. The lowest BCUT2D eigenvalue weighted by Gasteiger charge is -2.23. The molecule has 2 aromatic rings. The van der Waals surface area contributed by atoms with Crippen LogP contribution < -0.4 is 9.73 Å². The first kappa shape index (κ1) is 20.6. The highest BCUT2D eigenvalue weighted by Crippen LogP contribution is 2.21. The number of hydrogen-bond acceptors (Lipinski definition) is 4. The van der Waals surface area contributed by atoms with E-state index in [4.69, 9.17) is 0 Å². The number of nitrogens with one attached hydrogen (secondary N) is 1. The number of benzene rings is 2. The first-order chi connectivity index (χ1) is 12.8. The molecule has 1 N–H and O–H groups in total. The summed E-state index contributed by atoms with van der Waals surface area (Å²) in [5, 5.41) is 4.09. The van der Waals surface area contributed by atoms with Crippen molar-refractivity contribution in [2.45, 2.75) is 26.7 Å². The van der Waals surface area contributed by atoms with Crippen molar-refractivity contribution in [3.05, 3.63) is 65.7 Å². The molecule has 7 heteroatoms. The van der Waals surface area contributed by atoms with Crippen molar-refractivity contribution in [3.63, 3.8) is 0 Å². The lowest BCUT2D eigenvalue weighted by atomic mass is 10.1. The predicted octanol–water partition coefficient (Wildman–Crippen LogP) is 2.89.